The highest BCUT2D eigenvalue weighted by atomic mass is 35.5. The normalized spacial score (nSPS) is 10.2. The van der Waals surface area contributed by atoms with Gasteiger partial charge in [0.1, 0.15) is 6.54 Å². The van der Waals surface area contributed by atoms with Gasteiger partial charge in [0, 0.05) is 18.3 Å². The largest absolute Gasteiger partial charge is 0.478 e. The number of amides is 1. The molecule has 1 amide bonds. The molecule has 0 saturated heterocycles. The molecule has 2 N–H and O–H groups in total. The number of hydrogen-bond donors (Lipinski definition) is 2. The van der Waals surface area contributed by atoms with Gasteiger partial charge in [-0.2, -0.15) is 5.10 Å². The van der Waals surface area contributed by atoms with Gasteiger partial charge in [-0.05, 0) is 6.07 Å². The van der Waals surface area contributed by atoms with E-state index in [-0.39, 0.29) is 28.5 Å². The number of carbonyl (C=O) groups excluding carboxylic acids is 1. The van der Waals surface area contributed by atoms with Gasteiger partial charge in [0.15, 0.2) is 0 Å². The highest BCUT2D eigenvalue weighted by molar-refractivity contribution is 6.33. The summed E-state index contributed by atoms with van der Waals surface area (Å²) in [4.78, 5) is 32.5. The van der Waals surface area contributed by atoms with Gasteiger partial charge in [-0.15, -0.1) is 0 Å². The van der Waals surface area contributed by atoms with E-state index in [1.54, 1.807) is 0 Å². The Morgan fingerprint density at radius 1 is 1.45 bits per heavy atom. The smallest absolute Gasteiger partial charge is 0.338 e. The van der Waals surface area contributed by atoms with Gasteiger partial charge >= 0.3 is 5.97 Å². The molecular formula is C12H9ClN4O5. The number of nitro benzene ring substituents is 1. The lowest BCUT2D eigenvalue weighted by molar-refractivity contribution is -0.384. The number of anilines is 1. The summed E-state index contributed by atoms with van der Waals surface area (Å²) in [6, 6.07) is 3.63. The van der Waals surface area contributed by atoms with Crippen LogP contribution in [0, 0.1) is 10.1 Å². The first-order valence-electron chi connectivity index (χ1n) is 5.86. The maximum atomic E-state index is 11.8. The van der Waals surface area contributed by atoms with Gasteiger partial charge in [0.25, 0.3) is 5.69 Å². The molecule has 0 spiro atoms. The topological polar surface area (TPSA) is 127 Å². The Kier molecular flexibility index (Phi) is 4.37. The van der Waals surface area contributed by atoms with E-state index in [2.05, 4.69) is 10.4 Å². The number of aromatic nitrogens is 2. The number of hydrogen-bond acceptors (Lipinski definition) is 5. The molecule has 0 unspecified atom stereocenters. The number of nitrogens with zero attached hydrogens (tertiary/aromatic N) is 3. The van der Waals surface area contributed by atoms with Crippen molar-refractivity contribution in [3.05, 3.63) is 51.3 Å². The lowest BCUT2D eigenvalue weighted by atomic mass is 10.3. The maximum absolute atomic E-state index is 11.8. The Hall–Kier alpha value is -2.94. The second-order valence-electron chi connectivity index (χ2n) is 4.20. The molecule has 0 fully saturated rings. The second kappa shape index (κ2) is 6.22. The number of carbonyl (C=O) groups is 2. The van der Waals surface area contributed by atoms with Crippen molar-refractivity contribution in [3.8, 4) is 0 Å². The van der Waals surface area contributed by atoms with E-state index in [1.165, 1.54) is 18.3 Å². The minimum absolute atomic E-state index is 0.0224. The second-order valence-corrected chi connectivity index (χ2v) is 4.61. The minimum atomic E-state index is -1.15. The molecule has 0 saturated carbocycles. The molecule has 10 heteroatoms. The van der Waals surface area contributed by atoms with Crippen molar-refractivity contribution >= 4 is 34.9 Å². The molecule has 0 radical (unpaired) electrons. The molecule has 0 aliphatic carbocycles. The van der Waals surface area contributed by atoms with E-state index >= 15 is 0 Å². The number of nitro groups is 1. The first-order valence-corrected chi connectivity index (χ1v) is 6.24. The first-order chi connectivity index (χ1) is 10.4. The Labute approximate surface area is 128 Å². The van der Waals surface area contributed by atoms with Crippen LogP contribution in [0.1, 0.15) is 10.4 Å². The fourth-order valence-corrected chi connectivity index (χ4v) is 1.84. The van der Waals surface area contributed by atoms with Crippen molar-refractivity contribution in [1.82, 2.24) is 9.78 Å². The molecule has 1 aromatic heterocycles. The highest BCUT2D eigenvalue weighted by Crippen LogP contribution is 2.26. The van der Waals surface area contributed by atoms with E-state index in [0.29, 0.717) is 0 Å². The van der Waals surface area contributed by atoms with E-state index in [4.69, 9.17) is 16.7 Å². The Bertz CT molecular complexity index is 758. The third-order valence-electron chi connectivity index (χ3n) is 2.62. The molecule has 22 heavy (non-hydrogen) atoms. The lowest BCUT2D eigenvalue weighted by Gasteiger charge is -2.07. The van der Waals surface area contributed by atoms with Crippen LogP contribution >= 0.6 is 11.6 Å². The molecule has 0 atom stereocenters. The molecule has 0 bridgehead atoms. The summed E-state index contributed by atoms with van der Waals surface area (Å²) in [6.07, 6.45) is 2.33. The zero-order chi connectivity index (χ0) is 16.3. The van der Waals surface area contributed by atoms with Crippen molar-refractivity contribution in [2.45, 2.75) is 6.54 Å². The number of halogens is 1. The summed E-state index contributed by atoms with van der Waals surface area (Å²) in [5.74, 6) is -1.65. The van der Waals surface area contributed by atoms with Crippen LogP contribution in [0.25, 0.3) is 0 Å². The van der Waals surface area contributed by atoms with Gasteiger partial charge in [0.2, 0.25) is 5.91 Å². The third-order valence-corrected chi connectivity index (χ3v) is 2.94. The van der Waals surface area contributed by atoms with Crippen molar-refractivity contribution in [2.24, 2.45) is 0 Å². The number of carboxylic acids is 1. The molecule has 0 aliphatic heterocycles. The quantitative estimate of drug-likeness (QED) is 0.637. The van der Waals surface area contributed by atoms with Gasteiger partial charge in [-0.1, -0.05) is 11.6 Å². The average molecular weight is 325 g/mol. The Balaban J connectivity index is 2.05. The van der Waals surface area contributed by atoms with Crippen molar-refractivity contribution in [1.29, 1.82) is 0 Å². The summed E-state index contributed by atoms with van der Waals surface area (Å²) >= 11 is 5.85. The van der Waals surface area contributed by atoms with Crippen molar-refractivity contribution in [2.75, 3.05) is 5.32 Å². The summed E-state index contributed by atoms with van der Waals surface area (Å²) in [5.41, 5.74) is -0.0229. The molecular weight excluding hydrogens is 316 g/mol. The predicted octanol–water partition coefficient (Wildman–Crippen LogP) is 1.78. The van der Waals surface area contributed by atoms with E-state index in [0.717, 1.165) is 16.9 Å². The molecule has 114 valence electrons. The number of carboxylic acid groups (broad SMARTS) is 1. The van der Waals surface area contributed by atoms with E-state index in [9.17, 15) is 19.7 Å². The van der Waals surface area contributed by atoms with Crippen molar-refractivity contribution in [3.63, 3.8) is 0 Å². The number of benzene rings is 1. The van der Waals surface area contributed by atoms with Crippen LogP contribution in [0.15, 0.2) is 30.6 Å². The van der Waals surface area contributed by atoms with Crippen LogP contribution in [0.2, 0.25) is 5.02 Å². The minimum Gasteiger partial charge on any atom is -0.478 e. The average Bonchev–Trinajstić information content (AvgIpc) is 2.89. The zero-order valence-corrected chi connectivity index (χ0v) is 11.6. The monoisotopic (exact) mass is 324 g/mol. The number of non-ortho nitro benzene ring substituents is 1. The fraction of sp³-hybridized carbons (Fsp3) is 0.0833. The van der Waals surface area contributed by atoms with Gasteiger partial charge in [-0.3, -0.25) is 19.6 Å². The molecule has 1 heterocycles. The van der Waals surface area contributed by atoms with Crippen molar-refractivity contribution < 1.29 is 19.6 Å². The fourth-order valence-electron chi connectivity index (χ4n) is 1.62. The van der Waals surface area contributed by atoms with Gasteiger partial charge in [0.05, 0.1) is 27.4 Å². The molecule has 9 nitrogen and oxygen atoms in total. The standard InChI is InChI=1S/C12H9ClN4O5/c13-9-3-8(17(21)22)1-2-10(9)15-11(18)6-16-5-7(4-14-16)12(19)20/h1-5H,6H2,(H,15,18)(H,19,20). The number of nitrogens with one attached hydrogen (secondary N) is 1. The van der Waals surface area contributed by atoms with Crippen LogP contribution in [0.3, 0.4) is 0 Å². The lowest BCUT2D eigenvalue weighted by Crippen LogP contribution is -2.19. The van der Waals surface area contributed by atoms with Gasteiger partial charge in [-0.25, -0.2) is 4.79 Å². The number of rotatable bonds is 5. The van der Waals surface area contributed by atoms with Crippen LogP contribution in [0.4, 0.5) is 11.4 Å². The Morgan fingerprint density at radius 3 is 2.73 bits per heavy atom. The third kappa shape index (κ3) is 3.58. The number of aromatic carboxylic acids is 1. The molecule has 2 aromatic rings. The molecule has 1 aromatic carbocycles. The molecule has 0 aliphatic rings. The highest BCUT2D eigenvalue weighted by Gasteiger charge is 2.13. The van der Waals surface area contributed by atoms with Crippen LogP contribution in [-0.4, -0.2) is 31.7 Å². The summed E-state index contributed by atoms with van der Waals surface area (Å²) in [5, 5.41) is 25.5. The Morgan fingerprint density at radius 2 is 2.18 bits per heavy atom. The first kappa shape index (κ1) is 15.4. The SMILES string of the molecule is O=C(Cn1cc(C(=O)O)cn1)Nc1ccc([N+](=O)[O-])cc1Cl. The predicted molar refractivity (Wildman–Crippen MR) is 75.9 cm³/mol. The maximum Gasteiger partial charge on any atom is 0.338 e. The summed E-state index contributed by atoms with van der Waals surface area (Å²) in [7, 11) is 0. The van der Waals surface area contributed by atoms with E-state index < -0.39 is 16.8 Å². The summed E-state index contributed by atoms with van der Waals surface area (Å²) < 4.78 is 1.15. The van der Waals surface area contributed by atoms with Crippen LogP contribution in [0.5, 0.6) is 0 Å². The van der Waals surface area contributed by atoms with Crippen LogP contribution < -0.4 is 5.32 Å². The zero-order valence-electron chi connectivity index (χ0n) is 10.9. The summed E-state index contributed by atoms with van der Waals surface area (Å²) in [6.45, 7) is -0.222. The molecule has 2 rings (SSSR count). The van der Waals surface area contributed by atoms with Crippen LogP contribution in [-0.2, 0) is 11.3 Å². The van der Waals surface area contributed by atoms with Gasteiger partial charge < -0.3 is 10.4 Å². The van der Waals surface area contributed by atoms with E-state index in [1.807, 2.05) is 0 Å².